The van der Waals surface area contributed by atoms with Gasteiger partial charge < -0.3 is 19.4 Å². The van der Waals surface area contributed by atoms with Crippen molar-refractivity contribution < 1.29 is 31.8 Å². The second-order valence-electron chi connectivity index (χ2n) is 7.90. The van der Waals surface area contributed by atoms with Gasteiger partial charge in [-0.3, -0.25) is 4.79 Å². The van der Waals surface area contributed by atoms with Crippen LogP contribution in [0.4, 0.5) is 23.2 Å². The van der Waals surface area contributed by atoms with Crippen LogP contribution in [0.5, 0.6) is 5.75 Å². The van der Waals surface area contributed by atoms with Gasteiger partial charge >= 0.3 is 6.18 Å². The number of aromatic nitrogens is 4. The van der Waals surface area contributed by atoms with Crippen molar-refractivity contribution in [2.24, 2.45) is 0 Å². The highest BCUT2D eigenvalue weighted by Gasteiger charge is 2.37. The first-order chi connectivity index (χ1) is 16.1. The summed E-state index contributed by atoms with van der Waals surface area (Å²) in [5, 5.41) is 4.41. The minimum absolute atomic E-state index is 0.000991. The minimum atomic E-state index is -4.67. The Kier molecular flexibility index (Phi) is 6.34. The van der Waals surface area contributed by atoms with Gasteiger partial charge in [0.2, 0.25) is 0 Å². The summed E-state index contributed by atoms with van der Waals surface area (Å²) >= 11 is 0. The first kappa shape index (κ1) is 23.7. The molecule has 34 heavy (non-hydrogen) atoms. The van der Waals surface area contributed by atoms with Gasteiger partial charge in [-0.15, -0.1) is 0 Å². The first-order valence-electron chi connectivity index (χ1n) is 10.6. The molecule has 1 amide bonds. The lowest BCUT2D eigenvalue weighted by molar-refractivity contribution is -0.141. The number of nitrogens with zero attached hydrogens (tertiary/aromatic N) is 4. The summed E-state index contributed by atoms with van der Waals surface area (Å²) in [6.45, 7) is 1.76. The normalized spacial score (nSPS) is 16.5. The van der Waals surface area contributed by atoms with Crippen molar-refractivity contribution in [3.8, 4) is 17.3 Å². The number of halogens is 4. The van der Waals surface area contributed by atoms with Gasteiger partial charge in [0.05, 0.1) is 19.0 Å². The molecule has 0 saturated carbocycles. The van der Waals surface area contributed by atoms with Crippen molar-refractivity contribution in [1.29, 1.82) is 0 Å². The number of aryl methyl sites for hydroxylation is 1. The fraction of sp³-hybridized carbons (Fsp3) is 0.409. The molecule has 2 aromatic heterocycles. The number of ether oxygens (including phenoxy) is 2. The molecule has 0 aliphatic carbocycles. The number of H-pyrrole nitrogens is 1. The Morgan fingerprint density at radius 3 is 2.71 bits per heavy atom. The van der Waals surface area contributed by atoms with Crippen LogP contribution in [-0.4, -0.2) is 46.4 Å². The number of imidazole rings is 1. The van der Waals surface area contributed by atoms with Gasteiger partial charge in [-0.05, 0) is 38.3 Å². The summed E-state index contributed by atoms with van der Waals surface area (Å²) in [5.74, 6) is -1.71. The Bertz CT molecular complexity index is 1200. The number of carbonyl (C=O) groups is 1. The van der Waals surface area contributed by atoms with Crippen LogP contribution >= 0.6 is 0 Å². The summed E-state index contributed by atoms with van der Waals surface area (Å²) in [5.41, 5.74) is -1.46. The topological polar surface area (TPSA) is 85.3 Å². The van der Waals surface area contributed by atoms with Gasteiger partial charge in [0.25, 0.3) is 5.91 Å². The molecule has 0 spiro atoms. The molecule has 1 aromatic carbocycles. The van der Waals surface area contributed by atoms with Gasteiger partial charge in [-0.1, -0.05) is 6.07 Å². The highest BCUT2D eigenvalue weighted by Crippen LogP contribution is 2.36. The average molecular weight is 481 g/mol. The van der Waals surface area contributed by atoms with Gasteiger partial charge in [-0.2, -0.15) is 18.3 Å². The Balaban J connectivity index is 1.81. The third kappa shape index (κ3) is 4.37. The number of hydrogen-bond acceptors (Lipinski definition) is 5. The molecular weight excluding hydrogens is 458 g/mol. The first-order valence-corrected chi connectivity index (χ1v) is 10.6. The molecule has 4 rings (SSSR count). The standard InChI is InChI=1S/C22H23F4N5O3/c1-12-19(22(24,25)26)28-20(27-12)18-14(11-31(29-18)16-9-4-5-10-34-16)30(2)21(32)17-13(23)7-6-8-15(17)33-3/h6-8,11,16H,4-5,9-10H2,1-3H3,(H,27,28). The third-order valence-electron chi connectivity index (χ3n) is 5.62. The minimum Gasteiger partial charge on any atom is -0.496 e. The Morgan fingerprint density at radius 1 is 1.32 bits per heavy atom. The Morgan fingerprint density at radius 2 is 2.09 bits per heavy atom. The van der Waals surface area contributed by atoms with E-state index in [0.29, 0.717) is 13.0 Å². The maximum absolute atomic E-state index is 14.6. The van der Waals surface area contributed by atoms with E-state index in [0.717, 1.165) is 23.8 Å². The number of hydrogen-bond donors (Lipinski definition) is 1. The van der Waals surface area contributed by atoms with Crippen LogP contribution in [0.1, 0.15) is 47.2 Å². The van der Waals surface area contributed by atoms with Crippen LogP contribution in [0.2, 0.25) is 0 Å². The van der Waals surface area contributed by atoms with Gasteiger partial charge in [0, 0.05) is 19.3 Å². The fourth-order valence-corrected chi connectivity index (χ4v) is 3.88. The van der Waals surface area contributed by atoms with E-state index < -0.39 is 29.8 Å². The molecule has 1 saturated heterocycles. The predicted molar refractivity (Wildman–Crippen MR) is 114 cm³/mol. The van der Waals surface area contributed by atoms with Crippen LogP contribution in [0, 0.1) is 12.7 Å². The fourth-order valence-electron chi connectivity index (χ4n) is 3.88. The zero-order valence-electron chi connectivity index (χ0n) is 18.7. The van der Waals surface area contributed by atoms with E-state index in [9.17, 15) is 22.4 Å². The third-order valence-corrected chi connectivity index (χ3v) is 5.62. The predicted octanol–water partition coefficient (Wildman–Crippen LogP) is 4.72. The van der Waals surface area contributed by atoms with E-state index in [1.807, 2.05) is 0 Å². The number of rotatable bonds is 5. The van der Waals surface area contributed by atoms with E-state index in [-0.39, 0.29) is 34.2 Å². The maximum atomic E-state index is 14.6. The van der Waals surface area contributed by atoms with Gasteiger partial charge in [0.15, 0.2) is 17.2 Å². The van der Waals surface area contributed by atoms with Crippen LogP contribution in [-0.2, 0) is 10.9 Å². The molecule has 182 valence electrons. The number of amides is 1. The Hall–Kier alpha value is -3.41. The lowest BCUT2D eigenvalue weighted by Gasteiger charge is -2.22. The SMILES string of the molecule is COc1cccc(F)c1C(=O)N(C)c1cn(C2CCCCO2)nc1-c1nc(C(F)(F)F)c(C)[nH]1. The quantitative estimate of drug-likeness (QED) is 0.533. The van der Waals surface area contributed by atoms with Crippen molar-refractivity contribution in [2.75, 3.05) is 25.7 Å². The molecular formula is C22H23F4N5O3. The number of methoxy groups -OCH3 is 1. The van der Waals surface area contributed by atoms with Crippen molar-refractivity contribution in [1.82, 2.24) is 19.7 Å². The van der Waals surface area contributed by atoms with Crippen molar-refractivity contribution in [2.45, 2.75) is 38.6 Å². The number of alkyl halides is 3. The molecule has 1 N–H and O–H groups in total. The molecule has 1 fully saturated rings. The molecule has 1 aliphatic rings. The number of nitrogens with one attached hydrogen (secondary N) is 1. The molecule has 3 aromatic rings. The molecule has 3 heterocycles. The van der Waals surface area contributed by atoms with E-state index in [2.05, 4.69) is 15.1 Å². The number of anilines is 1. The summed E-state index contributed by atoms with van der Waals surface area (Å²) in [4.78, 5) is 20.7. The van der Waals surface area contributed by atoms with Gasteiger partial charge in [-0.25, -0.2) is 14.1 Å². The summed E-state index contributed by atoms with van der Waals surface area (Å²) in [6.07, 6.45) is -1.22. The number of benzene rings is 1. The molecule has 0 bridgehead atoms. The lowest BCUT2D eigenvalue weighted by Crippen LogP contribution is -2.28. The molecule has 12 heteroatoms. The summed E-state index contributed by atoms with van der Waals surface area (Å²) in [7, 11) is 2.68. The molecule has 1 unspecified atom stereocenters. The monoisotopic (exact) mass is 481 g/mol. The van der Waals surface area contributed by atoms with Crippen LogP contribution in [0.25, 0.3) is 11.5 Å². The smallest absolute Gasteiger partial charge is 0.435 e. The number of carbonyl (C=O) groups excluding carboxylic acids is 1. The molecule has 1 atom stereocenters. The summed E-state index contributed by atoms with van der Waals surface area (Å²) < 4.78 is 67.0. The number of aromatic amines is 1. The highest BCUT2D eigenvalue weighted by molar-refractivity contribution is 6.09. The van der Waals surface area contributed by atoms with E-state index in [4.69, 9.17) is 9.47 Å². The van der Waals surface area contributed by atoms with Crippen molar-refractivity contribution in [3.05, 3.63) is 47.2 Å². The van der Waals surface area contributed by atoms with Crippen molar-refractivity contribution >= 4 is 11.6 Å². The molecule has 0 radical (unpaired) electrons. The van der Waals surface area contributed by atoms with Crippen LogP contribution < -0.4 is 9.64 Å². The summed E-state index contributed by atoms with van der Waals surface area (Å²) in [6, 6.07) is 3.96. The van der Waals surface area contributed by atoms with E-state index >= 15 is 0 Å². The molecule has 1 aliphatic heterocycles. The largest absolute Gasteiger partial charge is 0.496 e. The average Bonchev–Trinajstić information content (AvgIpc) is 3.42. The Labute approximate surface area is 192 Å². The zero-order chi connectivity index (χ0) is 24.6. The van der Waals surface area contributed by atoms with Gasteiger partial charge in [0.1, 0.15) is 23.4 Å². The highest BCUT2D eigenvalue weighted by atomic mass is 19.4. The molecule has 8 nitrogen and oxygen atoms in total. The lowest BCUT2D eigenvalue weighted by atomic mass is 10.1. The zero-order valence-corrected chi connectivity index (χ0v) is 18.7. The second kappa shape index (κ2) is 9.09. The second-order valence-corrected chi connectivity index (χ2v) is 7.90. The van der Waals surface area contributed by atoms with E-state index in [1.165, 1.54) is 44.1 Å². The van der Waals surface area contributed by atoms with Crippen molar-refractivity contribution in [3.63, 3.8) is 0 Å². The van der Waals surface area contributed by atoms with E-state index in [1.54, 1.807) is 0 Å². The van der Waals surface area contributed by atoms with Crippen LogP contribution in [0.15, 0.2) is 24.4 Å². The van der Waals surface area contributed by atoms with Crippen LogP contribution in [0.3, 0.4) is 0 Å². The maximum Gasteiger partial charge on any atom is 0.435 e.